The molecule has 2 aromatic rings. The van der Waals surface area contributed by atoms with Crippen LogP contribution in [0.3, 0.4) is 0 Å². The average molecular weight is 271 g/mol. The zero-order valence-electron chi connectivity index (χ0n) is 11.1. The lowest BCUT2D eigenvalue weighted by Gasteiger charge is -2.18. The highest BCUT2D eigenvalue weighted by Gasteiger charge is 2.28. The minimum atomic E-state index is -0.325. The number of nitrogens with two attached hydrogens (primary N) is 1. The van der Waals surface area contributed by atoms with E-state index in [1.54, 1.807) is 25.3 Å². The molecule has 2 heterocycles. The maximum Gasteiger partial charge on any atom is 0.266 e. The number of anilines is 1. The molecule has 0 bridgehead atoms. The van der Waals surface area contributed by atoms with Crippen LogP contribution in [-0.2, 0) is 4.74 Å². The van der Waals surface area contributed by atoms with Gasteiger partial charge in [-0.15, -0.1) is 0 Å². The van der Waals surface area contributed by atoms with E-state index in [4.69, 9.17) is 15.2 Å². The molecule has 6 nitrogen and oxygen atoms in total. The number of aliphatic imine (C=N–C) groups is 1. The number of ketones is 1. The number of aromatic nitrogens is 1. The van der Waals surface area contributed by atoms with E-state index in [-0.39, 0.29) is 11.7 Å². The van der Waals surface area contributed by atoms with Crippen molar-refractivity contribution in [2.75, 3.05) is 19.5 Å². The molecule has 0 aliphatic carbocycles. The van der Waals surface area contributed by atoms with Crippen LogP contribution in [0.25, 0.3) is 10.8 Å². The lowest BCUT2D eigenvalue weighted by molar-refractivity contribution is 0.102. The standard InChI is InChI=1S/C14H13N3O3/c1-3-20-14-13(18)12-9-7(4-5-16-12)6-8(19-2)10(15)11(9)17-14/h4-6H,3,15H2,1-2H3. The Morgan fingerprint density at radius 2 is 2.20 bits per heavy atom. The minimum absolute atomic E-state index is 0.0138. The second-order valence-corrected chi connectivity index (χ2v) is 4.28. The van der Waals surface area contributed by atoms with Gasteiger partial charge in [0.2, 0.25) is 0 Å². The lowest BCUT2D eigenvalue weighted by Crippen LogP contribution is -2.22. The van der Waals surface area contributed by atoms with Crippen LogP contribution >= 0.6 is 0 Å². The van der Waals surface area contributed by atoms with Crippen LogP contribution in [-0.4, -0.2) is 30.4 Å². The van der Waals surface area contributed by atoms with Gasteiger partial charge in [-0.3, -0.25) is 9.78 Å². The van der Waals surface area contributed by atoms with E-state index in [1.165, 1.54) is 7.11 Å². The fourth-order valence-corrected chi connectivity index (χ4v) is 2.26. The van der Waals surface area contributed by atoms with Crippen LogP contribution in [0.5, 0.6) is 5.75 Å². The van der Waals surface area contributed by atoms with Gasteiger partial charge in [0.1, 0.15) is 22.8 Å². The zero-order chi connectivity index (χ0) is 14.3. The first kappa shape index (κ1) is 12.4. The molecule has 20 heavy (non-hydrogen) atoms. The molecule has 2 N–H and O–H groups in total. The molecule has 0 unspecified atom stereocenters. The number of nitrogens with zero attached hydrogens (tertiary/aromatic N) is 2. The maximum absolute atomic E-state index is 12.3. The van der Waals surface area contributed by atoms with Crippen LogP contribution in [0.4, 0.5) is 11.4 Å². The monoisotopic (exact) mass is 271 g/mol. The van der Waals surface area contributed by atoms with Crippen molar-refractivity contribution in [3.05, 3.63) is 24.0 Å². The van der Waals surface area contributed by atoms with Gasteiger partial charge in [0, 0.05) is 11.6 Å². The Balaban J connectivity index is 2.39. The maximum atomic E-state index is 12.3. The molecule has 0 fully saturated rings. The van der Waals surface area contributed by atoms with Crippen molar-refractivity contribution in [3.8, 4) is 5.75 Å². The number of hydrogen-bond donors (Lipinski definition) is 1. The van der Waals surface area contributed by atoms with E-state index in [0.29, 0.717) is 34.8 Å². The third-order valence-corrected chi connectivity index (χ3v) is 3.15. The topological polar surface area (TPSA) is 86.8 Å². The molecule has 3 rings (SSSR count). The molecule has 1 aromatic heterocycles. The number of hydrogen-bond acceptors (Lipinski definition) is 6. The van der Waals surface area contributed by atoms with Crippen molar-refractivity contribution < 1.29 is 14.3 Å². The summed E-state index contributed by atoms with van der Waals surface area (Å²) in [7, 11) is 1.54. The Hall–Kier alpha value is -2.63. The first-order valence-electron chi connectivity index (χ1n) is 6.18. The van der Waals surface area contributed by atoms with E-state index >= 15 is 0 Å². The Morgan fingerprint density at radius 3 is 2.90 bits per heavy atom. The van der Waals surface area contributed by atoms with Crippen LogP contribution in [0.15, 0.2) is 23.3 Å². The molecule has 0 amide bonds. The Bertz CT molecular complexity index is 753. The van der Waals surface area contributed by atoms with Gasteiger partial charge in [-0.2, -0.15) is 0 Å². The van der Waals surface area contributed by atoms with Crippen molar-refractivity contribution in [2.24, 2.45) is 4.99 Å². The third kappa shape index (κ3) is 1.61. The first-order valence-corrected chi connectivity index (χ1v) is 6.18. The summed E-state index contributed by atoms with van der Waals surface area (Å²) < 4.78 is 10.5. The summed E-state index contributed by atoms with van der Waals surface area (Å²) in [6.45, 7) is 2.13. The highest BCUT2D eigenvalue weighted by Crippen LogP contribution is 2.42. The van der Waals surface area contributed by atoms with Crippen LogP contribution in [0.2, 0.25) is 0 Å². The number of nitrogen functional groups attached to an aromatic ring is 1. The van der Waals surface area contributed by atoms with Crippen LogP contribution < -0.4 is 10.5 Å². The van der Waals surface area contributed by atoms with Crippen molar-refractivity contribution >= 4 is 33.8 Å². The van der Waals surface area contributed by atoms with Gasteiger partial charge >= 0.3 is 0 Å². The predicted molar refractivity (Wildman–Crippen MR) is 75.8 cm³/mol. The van der Waals surface area contributed by atoms with E-state index in [2.05, 4.69) is 9.98 Å². The van der Waals surface area contributed by atoms with Gasteiger partial charge < -0.3 is 15.2 Å². The van der Waals surface area contributed by atoms with Gasteiger partial charge in [0.05, 0.1) is 13.7 Å². The molecule has 0 spiro atoms. The van der Waals surface area contributed by atoms with E-state index in [9.17, 15) is 4.79 Å². The van der Waals surface area contributed by atoms with Gasteiger partial charge in [-0.05, 0) is 24.4 Å². The molecule has 1 aliphatic heterocycles. The largest absolute Gasteiger partial charge is 0.494 e. The number of rotatable bonds is 2. The molecular weight excluding hydrogens is 258 g/mol. The number of Topliss-reactive ketones (excluding diaryl/α,β-unsaturated/α-hetero) is 1. The average Bonchev–Trinajstić information content (AvgIpc) is 2.46. The predicted octanol–water partition coefficient (Wildman–Crippen LogP) is 2.09. The highest BCUT2D eigenvalue weighted by atomic mass is 16.5. The smallest absolute Gasteiger partial charge is 0.266 e. The molecular formula is C14H13N3O3. The fourth-order valence-electron chi connectivity index (χ4n) is 2.26. The summed E-state index contributed by atoms with van der Waals surface area (Å²) in [5, 5.41) is 1.45. The Labute approximate surface area is 115 Å². The molecule has 0 saturated carbocycles. The summed E-state index contributed by atoms with van der Waals surface area (Å²) in [4.78, 5) is 20.7. The molecule has 102 valence electrons. The molecule has 0 saturated heterocycles. The number of carbonyl (C=O) groups excluding carboxylic acids is 1. The van der Waals surface area contributed by atoms with Gasteiger partial charge in [0.15, 0.2) is 0 Å². The quantitative estimate of drug-likeness (QED) is 0.845. The number of ether oxygens (including phenoxy) is 2. The van der Waals surface area contributed by atoms with Gasteiger partial charge in [0.25, 0.3) is 11.7 Å². The van der Waals surface area contributed by atoms with E-state index < -0.39 is 0 Å². The SMILES string of the molecule is CCOC1=Nc2c(N)c(OC)cc3ccnc(c23)C1=O. The molecule has 0 radical (unpaired) electrons. The number of benzene rings is 1. The second kappa shape index (κ2) is 4.48. The van der Waals surface area contributed by atoms with Crippen LogP contribution in [0, 0.1) is 0 Å². The molecule has 6 heteroatoms. The molecule has 1 aliphatic rings. The fraction of sp³-hybridized carbons (Fsp3) is 0.214. The number of pyridine rings is 1. The summed E-state index contributed by atoms with van der Waals surface area (Å²) >= 11 is 0. The summed E-state index contributed by atoms with van der Waals surface area (Å²) in [5.74, 6) is 0.202. The Kier molecular flexibility index (Phi) is 2.78. The molecule has 0 atom stereocenters. The van der Waals surface area contributed by atoms with E-state index in [1.807, 2.05) is 0 Å². The van der Waals surface area contributed by atoms with Gasteiger partial charge in [-0.1, -0.05) is 0 Å². The van der Waals surface area contributed by atoms with Crippen molar-refractivity contribution in [2.45, 2.75) is 6.92 Å². The van der Waals surface area contributed by atoms with Crippen molar-refractivity contribution in [1.29, 1.82) is 0 Å². The second-order valence-electron chi connectivity index (χ2n) is 4.28. The van der Waals surface area contributed by atoms with E-state index in [0.717, 1.165) is 5.39 Å². The summed E-state index contributed by atoms with van der Waals surface area (Å²) in [6.07, 6.45) is 1.57. The zero-order valence-corrected chi connectivity index (χ0v) is 11.1. The third-order valence-electron chi connectivity index (χ3n) is 3.15. The Morgan fingerprint density at radius 1 is 1.40 bits per heavy atom. The number of methoxy groups -OCH3 is 1. The van der Waals surface area contributed by atoms with Crippen LogP contribution in [0.1, 0.15) is 17.4 Å². The summed E-state index contributed by atoms with van der Waals surface area (Å²) in [5.41, 5.74) is 7.21. The lowest BCUT2D eigenvalue weighted by atomic mass is 10.0. The highest BCUT2D eigenvalue weighted by molar-refractivity contribution is 6.47. The van der Waals surface area contributed by atoms with Crippen molar-refractivity contribution in [3.63, 3.8) is 0 Å². The van der Waals surface area contributed by atoms with Gasteiger partial charge in [-0.25, -0.2) is 4.99 Å². The first-order chi connectivity index (χ1) is 9.67. The number of carbonyl (C=O) groups is 1. The molecule has 1 aromatic carbocycles. The normalized spacial score (nSPS) is 13.3. The van der Waals surface area contributed by atoms with Crippen molar-refractivity contribution in [1.82, 2.24) is 4.98 Å². The summed E-state index contributed by atoms with van der Waals surface area (Å²) in [6, 6.07) is 3.56. The minimum Gasteiger partial charge on any atom is -0.494 e.